The summed E-state index contributed by atoms with van der Waals surface area (Å²) in [4.78, 5) is 26.1. The third kappa shape index (κ3) is 3.56. The van der Waals surface area contributed by atoms with Gasteiger partial charge in [0.15, 0.2) is 0 Å². The summed E-state index contributed by atoms with van der Waals surface area (Å²) in [6, 6.07) is 14.7. The molecule has 118 valence electrons. The summed E-state index contributed by atoms with van der Waals surface area (Å²) < 4.78 is 12.9. The predicted molar refractivity (Wildman–Crippen MR) is 85.0 cm³/mol. The minimum atomic E-state index is -0.493. The van der Waals surface area contributed by atoms with Gasteiger partial charge in [0.1, 0.15) is 11.9 Å². The van der Waals surface area contributed by atoms with Crippen molar-refractivity contribution in [3.63, 3.8) is 0 Å². The molecule has 23 heavy (non-hydrogen) atoms. The van der Waals surface area contributed by atoms with Gasteiger partial charge in [0.05, 0.1) is 0 Å². The Morgan fingerprint density at radius 1 is 1.13 bits per heavy atom. The second-order valence-electron chi connectivity index (χ2n) is 5.56. The Bertz CT molecular complexity index is 701. The van der Waals surface area contributed by atoms with E-state index in [2.05, 4.69) is 5.32 Å². The van der Waals surface area contributed by atoms with Crippen molar-refractivity contribution in [2.75, 3.05) is 5.32 Å². The van der Waals surface area contributed by atoms with Crippen LogP contribution in [0.25, 0.3) is 0 Å². The number of hydrogen-bond acceptors (Lipinski definition) is 2. The number of hydrogen-bond donors (Lipinski definition) is 1. The second kappa shape index (κ2) is 6.60. The monoisotopic (exact) mass is 312 g/mol. The third-order valence-electron chi connectivity index (χ3n) is 3.94. The molecular weight excluding hydrogens is 295 g/mol. The number of amides is 2. The van der Waals surface area contributed by atoms with Gasteiger partial charge in [-0.05, 0) is 36.2 Å². The summed E-state index contributed by atoms with van der Waals surface area (Å²) in [6.07, 6.45) is 0.868. The van der Waals surface area contributed by atoms with Crippen LogP contribution in [0.2, 0.25) is 0 Å². The minimum absolute atomic E-state index is 0.0203. The first kappa shape index (κ1) is 15.2. The molecule has 0 aliphatic carbocycles. The molecule has 0 radical (unpaired) electrons. The molecule has 5 heteroatoms. The molecule has 1 aliphatic heterocycles. The SMILES string of the molecule is O=C(Nc1ccc(F)cc1)C1CCC(=O)N1Cc1ccccc1. The third-order valence-corrected chi connectivity index (χ3v) is 3.94. The van der Waals surface area contributed by atoms with Gasteiger partial charge in [-0.3, -0.25) is 9.59 Å². The maximum absolute atomic E-state index is 12.9. The molecule has 0 aromatic heterocycles. The first-order valence-electron chi connectivity index (χ1n) is 7.53. The topological polar surface area (TPSA) is 49.4 Å². The van der Waals surface area contributed by atoms with Crippen molar-refractivity contribution < 1.29 is 14.0 Å². The van der Waals surface area contributed by atoms with Gasteiger partial charge in [-0.2, -0.15) is 0 Å². The number of likely N-dealkylation sites (tertiary alicyclic amines) is 1. The molecule has 0 spiro atoms. The van der Waals surface area contributed by atoms with Crippen molar-refractivity contribution in [2.45, 2.75) is 25.4 Å². The molecule has 4 nitrogen and oxygen atoms in total. The average Bonchev–Trinajstić information content (AvgIpc) is 2.92. The van der Waals surface area contributed by atoms with Crippen molar-refractivity contribution in [2.24, 2.45) is 0 Å². The highest BCUT2D eigenvalue weighted by molar-refractivity contribution is 5.98. The molecule has 2 aromatic rings. The van der Waals surface area contributed by atoms with Gasteiger partial charge in [-0.25, -0.2) is 4.39 Å². The van der Waals surface area contributed by atoms with Crippen LogP contribution in [0, 0.1) is 5.82 Å². The van der Waals surface area contributed by atoms with E-state index in [0.717, 1.165) is 5.56 Å². The zero-order valence-electron chi connectivity index (χ0n) is 12.5. The zero-order chi connectivity index (χ0) is 16.2. The highest BCUT2D eigenvalue weighted by Gasteiger charge is 2.35. The molecule has 1 N–H and O–H groups in total. The predicted octanol–water partition coefficient (Wildman–Crippen LogP) is 2.96. The molecule has 1 heterocycles. The molecule has 1 atom stereocenters. The highest BCUT2D eigenvalue weighted by atomic mass is 19.1. The fraction of sp³-hybridized carbons (Fsp3) is 0.222. The fourth-order valence-electron chi connectivity index (χ4n) is 2.74. The number of benzene rings is 2. The molecule has 2 amide bonds. The molecule has 0 bridgehead atoms. The zero-order valence-corrected chi connectivity index (χ0v) is 12.5. The lowest BCUT2D eigenvalue weighted by Gasteiger charge is -2.24. The number of nitrogens with one attached hydrogen (secondary N) is 1. The largest absolute Gasteiger partial charge is 0.326 e. The van der Waals surface area contributed by atoms with Crippen LogP contribution in [-0.4, -0.2) is 22.8 Å². The van der Waals surface area contributed by atoms with E-state index in [1.807, 2.05) is 30.3 Å². The van der Waals surface area contributed by atoms with Crippen molar-refractivity contribution in [3.05, 3.63) is 66.0 Å². The maximum atomic E-state index is 12.9. The van der Waals surface area contributed by atoms with E-state index >= 15 is 0 Å². The van der Waals surface area contributed by atoms with E-state index in [0.29, 0.717) is 25.1 Å². The molecular formula is C18H17FN2O2. The average molecular weight is 312 g/mol. The van der Waals surface area contributed by atoms with Crippen LogP contribution < -0.4 is 5.32 Å². The Morgan fingerprint density at radius 3 is 2.52 bits per heavy atom. The van der Waals surface area contributed by atoms with Crippen molar-refractivity contribution in [1.82, 2.24) is 4.90 Å². The summed E-state index contributed by atoms with van der Waals surface area (Å²) in [6.45, 7) is 0.418. The van der Waals surface area contributed by atoms with Crippen LogP contribution >= 0.6 is 0 Å². The number of anilines is 1. The number of nitrogens with zero attached hydrogens (tertiary/aromatic N) is 1. The van der Waals surface area contributed by atoms with Crippen molar-refractivity contribution in [1.29, 1.82) is 0 Å². The maximum Gasteiger partial charge on any atom is 0.247 e. The molecule has 0 saturated carbocycles. The molecule has 1 fully saturated rings. The Kier molecular flexibility index (Phi) is 4.37. The number of carbonyl (C=O) groups is 2. The van der Waals surface area contributed by atoms with Gasteiger partial charge < -0.3 is 10.2 Å². The standard InChI is InChI=1S/C18H17FN2O2/c19-14-6-8-15(9-7-14)20-18(23)16-10-11-17(22)21(16)12-13-4-2-1-3-5-13/h1-9,16H,10-12H2,(H,20,23). The van der Waals surface area contributed by atoms with E-state index in [1.165, 1.54) is 24.3 Å². The number of carbonyl (C=O) groups excluding carboxylic acids is 2. The van der Waals surface area contributed by atoms with Gasteiger partial charge in [0.25, 0.3) is 0 Å². The van der Waals surface area contributed by atoms with Crippen LogP contribution in [0.5, 0.6) is 0 Å². The Hall–Kier alpha value is -2.69. The molecule has 1 saturated heterocycles. The number of rotatable bonds is 4. The fourth-order valence-corrected chi connectivity index (χ4v) is 2.74. The van der Waals surface area contributed by atoms with E-state index < -0.39 is 6.04 Å². The minimum Gasteiger partial charge on any atom is -0.326 e. The Balaban J connectivity index is 1.71. The summed E-state index contributed by atoms with van der Waals surface area (Å²) in [5.74, 6) is -0.615. The number of halogens is 1. The van der Waals surface area contributed by atoms with E-state index in [9.17, 15) is 14.0 Å². The molecule has 1 aliphatic rings. The van der Waals surface area contributed by atoms with E-state index in [-0.39, 0.29) is 17.6 Å². The van der Waals surface area contributed by atoms with Gasteiger partial charge in [0.2, 0.25) is 11.8 Å². The summed E-state index contributed by atoms with van der Waals surface area (Å²) in [5, 5.41) is 2.75. The van der Waals surface area contributed by atoms with Gasteiger partial charge in [0, 0.05) is 18.7 Å². The first-order valence-corrected chi connectivity index (χ1v) is 7.53. The van der Waals surface area contributed by atoms with Gasteiger partial charge >= 0.3 is 0 Å². The van der Waals surface area contributed by atoms with Gasteiger partial charge in [-0.1, -0.05) is 30.3 Å². The lowest BCUT2D eigenvalue weighted by molar-refractivity contribution is -0.133. The summed E-state index contributed by atoms with van der Waals surface area (Å²) in [5.41, 5.74) is 1.51. The Labute approximate surface area is 133 Å². The molecule has 2 aromatic carbocycles. The molecule has 1 unspecified atom stereocenters. The smallest absolute Gasteiger partial charge is 0.247 e. The molecule has 3 rings (SSSR count). The summed E-state index contributed by atoms with van der Waals surface area (Å²) >= 11 is 0. The van der Waals surface area contributed by atoms with Crippen LogP contribution in [0.1, 0.15) is 18.4 Å². The van der Waals surface area contributed by atoms with E-state index in [1.54, 1.807) is 4.90 Å². The second-order valence-corrected chi connectivity index (χ2v) is 5.56. The Morgan fingerprint density at radius 2 is 1.83 bits per heavy atom. The van der Waals surface area contributed by atoms with E-state index in [4.69, 9.17) is 0 Å². The highest BCUT2D eigenvalue weighted by Crippen LogP contribution is 2.23. The first-order chi connectivity index (χ1) is 11.1. The van der Waals surface area contributed by atoms with Crippen molar-refractivity contribution in [3.8, 4) is 0 Å². The van der Waals surface area contributed by atoms with Crippen LogP contribution in [0.3, 0.4) is 0 Å². The lowest BCUT2D eigenvalue weighted by Crippen LogP contribution is -2.41. The summed E-state index contributed by atoms with van der Waals surface area (Å²) in [7, 11) is 0. The van der Waals surface area contributed by atoms with Crippen LogP contribution in [0.4, 0.5) is 10.1 Å². The lowest BCUT2D eigenvalue weighted by atomic mass is 10.1. The quantitative estimate of drug-likeness (QED) is 0.943. The van der Waals surface area contributed by atoms with Crippen molar-refractivity contribution >= 4 is 17.5 Å². The van der Waals surface area contributed by atoms with Crippen LogP contribution in [0.15, 0.2) is 54.6 Å². The van der Waals surface area contributed by atoms with Crippen LogP contribution in [-0.2, 0) is 16.1 Å². The normalized spacial score (nSPS) is 17.3. The van der Waals surface area contributed by atoms with Gasteiger partial charge in [-0.15, -0.1) is 0 Å².